The minimum absolute atomic E-state index is 0.0261. The van der Waals surface area contributed by atoms with E-state index in [1.54, 1.807) is 0 Å². The summed E-state index contributed by atoms with van der Waals surface area (Å²) in [7, 11) is 4.08. The second kappa shape index (κ2) is 10.5. The molecule has 7 nitrogen and oxygen atoms in total. The molecule has 1 aromatic carbocycles. The van der Waals surface area contributed by atoms with Crippen molar-refractivity contribution in [1.29, 1.82) is 0 Å². The molecule has 1 saturated heterocycles. The van der Waals surface area contributed by atoms with E-state index in [0.29, 0.717) is 19.8 Å². The summed E-state index contributed by atoms with van der Waals surface area (Å²) >= 11 is 0. The maximum Gasteiger partial charge on any atom is 0.230 e. The van der Waals surface area contributed by atoms with Crippen molar-refractivity contribution >= 4 is 22.5 Å². The minimum atomic E-state index is 0.0261. The van der Waals surface area contributed by atoms with E-state index in [0.717, 1.165) is 65.9 Å². The van der Waals surface area contributed by atoms with E-state index in [-0.39, 0.29) is 17.2 Å². The molecule has 4 rings (SSSR count). The largest absolute Gasteiger partial charge is 0.381 e. The fourth-order valence-corrected chi connectivity index (χ4v) is 4.72. The Labute approximate surface area is 209 Å². The SMILES string of the molecule is Cc1[nH]nc(-c2cc3ccc(N(CCN(C)C)C(=O)C4CCOCC4)cc3[nH]2)c1CCC(C)(C)C. The van der Waals surface area contributed by atoms with Gasteiger partial charge in [-0.2, -0.15) is 5.10 Å². The zero-order chi connectivity index (χ0) is 25.2. The maximum absolute atomic E-state index is 13.5. The highest BCUT2D eigenvalue weighted by Crippen LogP contribution is 2.32. The average Bonchev–Trinajstić information content (AvgIpc) is 3.40. The molecule has 3 heterocycles. The molecule has 0 unspecified atom stereocenters. The molecule has 1 fully saturated rings. The van der Waals surface area contributed by atoms with Gasteiger partial charge in [0.25, 0.3) is 0 Å². The number of hydrogen-bond acceptors (Lipinski definition) is 4. The monoisotopic (exact) mass is 479 g/mol. The fraction of sp³-hybridized carbons (Fsp3) is 0.571. The predicted octanol–water partition coefficient (Wildman–Crippen LogP) is 5.17. The number of carbonyl (C=O) groups is 1. The van der Waals surface area contributed by atoms with Crippen molar-refractivity contribution in [3.05, 3.63) is 35.5 Å². The van der Waals surface area contributed by atoms with Crippen LogP contribution < -0.4 is 4.90 Å². The molecule has 190 valence electrons. The van der Waals surface area contributed by atoms with Gasteiger partial charge in [-0.25, -0.2) is 0 Å². The summed E-state index contributed by atoms with van der Waals surface area (Å²) in [5.74, 6) is 0.229. The third kappa shape index (κ3) is 6.14. The number of aryl methyl sites for hydroxylation is 1. The molecular weight excluding hydrogens is 438 g/mol. The lowest BCUT2D eigenvalue weighted by Crippen LogP contribution is -2.42. The van der Waals surface area contributed by atoms with Gasteiger partial charge < -0.3 is 19.5 Å². The number of fused-ring (bicyclic) bond motifs is 1. The molecule has 2 aromatic heterocycles. The van der Waals surface area contributed by atoms with Gasteiger partial charge in [-0.3, -0.25) is 9.89 Å². The summed E-state index contributed by atoms with van der Waals surface area (Å²) in [5, 5.41) is 8.95. The highest BCUT2D eigenvalue weighted by atomic mass is 16.5. The van der Waals surface area contributed by atoms with Crippen LogP contribution in [0.2, 0.25) is 0 Å². The molecule has 2 N–H and O–H groups in total. The first-order valence-corrected chi connectivity index (χ1v) is 12.8. The molecule has 0 atom stereocenters. The number of hydrogen-bond donors (Lipinski definition) is 2. The fourth-order valence-electron chi connectivity index (χ4n) is 4.72. The highest BCUT2D eigenvalue weighted by molar-refractivity contribution is 5.98. The molecule has 1 amide bonds. The first-order chi connectivity index (χ1) is 16.6. The van der Waals surface area contributed by atoms with Gasteiger partial charge in [0.1, 0.15) is 5.69 Å². The van der Waals surface area contributed by atoms with E-state index in [4.69, 9.17) is 4.74 Å². The van der Waals surface area contributed by atoms with Crippen LogP contribution in [0.15, 0.2) is 24.3 Å². The molecule has 0 spiro atoms. The first kappa shape index (κ1) is 25.5. The average molecular weight is 480 g/mol. The number of H-pyrrole nitrogens is 2. The summed E-state index contributed by atoms with van der Waals surface area (Å²) in [6, 6.07) is 8.46. The number of benzene rings is 1. The predicted molar refractivity (Wildman–Crippen MR) is 143 cm³/mol. The normalized spacial score (nSPS) is 15.3. The Morgan fingerprint density at radius 2 is 1.89 bits per heavy atom. The van der Waals surface area contributed by atoms with Gasteiger partial charge in [-0.1, -0.05) is 26.8 Å². The second-order valence-electron chi connectivity index (χ2n) is 11.4. The molecule has 0 bridgehead atoms. The zero-order valence-corrected chi connectivity index (χ0v) is 22.2. The Morgan fingerprint density at radius 3 is 2.57 bits per heavy atom. The van der Waals surface area contributed by atoms with Gasteiger partial charge in [-0.15, -0.1) is 0 Å². The molecule has 1 aliphatic rings. The molecule has 0 saturated carbocycles. The number of anilines is 1. The van der Waals surface area contributed by atoms with Crippen molar-refractivity contribution in [3.8, 4) is 11.4 Å². The first-order valence-electron chi connectivity index (χ1n) is 12.8. The van der Waals surface area contributed by atoms with Gasteiger partial charge >= 0.3 is 0 Å². The van der Waals surface area contributed by atoms with E-state index >= 15 is 0 Å². The van der Waals surface area contributed by atoms with Crippen molar-refractivity contribution in [2.24, 2.45) is 11.3 Å². The van der Waals surface area contributed by atoms with E-state index in [9.17, 15) is 4.79 Å². The number of rotatable bonds is 8. The molecular formula is C28H41N5O2. The highest BCUT2D eigenvalue weighted by Gasteiger charge is 2.27. The van der Waals surface area contributed by atoms with E-state index in [2.05, 4.69) is 72.0 Å². The van der Waals surface area contributed by atoms with Gasteiger partial charge in [0.05, 0.1) is 5.69 Å². The van der Waals surface area contributed by atoms with Gasteiger partial charge in [0.15, 0.2) is 0 Å². The number of ether oxygens (including phenoxy) is 1. The van der Waals surface area contributed by atoms with E-state index < -0.39 is 0 Å². The van der Waals surface area contributed by atoms with E-state index in [1.807, 2.05) is 19.0 Å². The number of aromatic nitrogens is 3. The number of amides is 1. The van der Waals surface area contributed by atoms with Gasteiger partial charge in [-0.05, 0) is 70.3 Å². The molecule has 7 heteroatoms. The summed E-state index contributed by atoms with van der Waals surface area (Å²) < 4.78 is 5.49. The third-order valence-electron chi connectivity index (χ3n) is 6.98. The van der Waals surface area contributed by atoms with Crippen LogP contribution in [0.4, 0.5) is 5.69 Å². The lowest BCUT2D eigenvalue weighted by atomic mass is 9.88. The minimum Gasteiger partial charge on any atom is -0.381 e. The van der Waals surface area contributed by atoms with Crippen LogP contribution in [0.5, 0.6) is 0 Å². The molecule has 35 heavy (non-hydrogen) atoms. The van der Waals surface area contributed by atoms with Crippen LogP contribution in [0.3, 0.4) is 0 Å². The number of carbonyl (C=O) groups excluding carboxylic acids is 1. The topological polar surface area (TPSA) is 77.2 Å². The van der Waals surface area contributed by atoms with Crippen LogP contribution in [-0.2, 0) is 16.0 Å². The number of aromatic amines is 2. The third-order valence-corrected chi connectivity index (χ3v) is 6.98. The molecule has 1 aliphatic heterocycles. The quantitative estimate of drug-likeness (QED) is 0.467. The summed E-state index contributed by atoms with van der Waals surface area (Å²) in [4.78, 5) is 21.2. The van der Waals surface area contributed by atoms with Crippen molar-refractivity contribution in [3.63, 3.8) is 0 Å². The van der Waals surface area contributed by atoms with Crippen molar-refractivity contribution < 1.29 is 9.53 Å². The molecule has 0 radical (unpaired) electrons. The standard InChI is InChI=1S/C28H41N5O2/c1-19-23(9-12-28(2,3)4)26(31-30-19)25-17-21-7-8-22(18-24(21)29-25)33(14-13-32(5)6)27(34)20-10-15-35-16-11-20/h7-8,17-18,20,29H,9-16H2,1-6H3,(H,30,31). The van der Waals surface area contributed by atoms with Crippen LogP contribution in [0.25, 0.3) is 22.3 Å². The smallest absolute Gasteiger partial charge is 0.230 e. The number of nitrogens with zero attached hydrogens (tertiary/aromatic N) is 3. The molecule has 3 aromatic rings. The van der Waals surface area contributed by atoms with E-state index in [1.165, 1.54) is 5.56 Å². The Balaban J connectivity index is 1.63. The van der Waals surface area contributed by atoms with Gasteiger partial charge in [0.2, 0.25) is 5.91 Å². The summed E-state index contributed by atoms with van der Waals surface area (Å²) in [6.07, 6.45) is 3.67. The van der Waals surface area contributed by atoms with Crippen LogP contribution >= 0.6 is 0 Å². The Kier molecular flexibility index (Phi) is 7.67. The van der Waals surface area contributed by atoms with Crippen LogP contribution in [0.1, 0.15) is 51.3 Å². The maximum atomic E-state index is 13.5. The lowest BCUT2D eigenvalue weighted by Gasteiger charge is -2.30. The Hall–Kier alpha value is -2.64. The van der Waals surface area contributed by atoms with Crippen LogP contribution in [-0.4, -0.2) is 66.4 Å². The summed E-state index contributed by atoms with van der Waals surface area (Å²) in [5.41, 5.74) is 6.64. The zero-order valence-electron chi connectivity index (χ0n) is 22.2. The Bertz CT molecular complexity index is 1150. The summed E-state index contributed by atoms with van der Waals surface area (Å²) in [6.45, 7) is 11.7. The lowest BCUT2D eigenvalue weighted by molar-refractivity contribution is -0.125. The number of nitrogens with one attached hydrogen (secondary N) is 2. The number of likely N-dealkylation sites (N-methyl/N-ethyl adjacent to an activating group) is 1. The second-order valence-corrected chi connectivity index (χ2v) is 11.4. The Morgan fingerprint density at radius 1 is 1.14 bits per heavy atom. The van der Waals surface area contributed by atoms with Crippen LogP contribution in [0, 0.1) is 18.3 Å². The van der Waals surface area contributed by atoms with Crippen molar-refractivity contribution in [2.45, 2.75) is 53.4 Å². The molecule has 0 aliphatic carbocycles. The van der Waals surface area contributed by atoms with Crippen molar-refractivity contribution in [1.82, 2.24) is 20.1 Å². The van der Waals surface area contributed by atoms with Crippen molar-refractivity contribution in [2.75, 3.05) is 45.3 Å². The van der Waals surface area contributed by atoms with Gasteiger partial charge in [0, 0.05) is 60.1 Å².